The van der Waals surface area contributed by atoms with Crippen molar-refractivity contribution in [1.82, 2.24) is 19.4 Å². The van der Waals surface area contributed by atoms with Crippen LogP contribution in [0.5, 0.6) is 5.75 Å². The van der Waals surface area contributed by atoms with Crippen LogP contribution < -0.4 is 4.74 Å². The number of ether oxygens (including phenoxy) is 1. The summed E-state index contributed by atoms with van der Waals surface area (Å²) in [5.41, 5.74) is 4.52. The minimum atomic E-state index is -0.209. The van der Waals surface area contributed by atoms with Crippen LogP contribution in [0.3, 0.4) is 0 Å². The highest BCUT2D eigenvalue weighted by Crippen LogP contribution is 2.34. The largest absolute Gasteiger partial charge is 0.493 e. The van der Waals surface area contributed by atoms with Gasteiger partial charge in [-0.15, -0.1) is 0 Å². The minimum Gasteiger partial charge on any atom is -0.493 e. The molecule has 2 aromatic heterocycles. The van der Waals surface area contributed by atoms with Gasteiger partial charge in [-0.2, -0.15) is 0 Å². The quantitative estimate of drug-likeness (QED) is 0.396. The van der Waals surface area contributed by atoms with E-state index in [9.17, 15) is 9.90 Å². The third-order valence-electron chi connectivity index (χ3n) is 6.86. The minimum absolute atomic E-state index is 0.0275. The Balaban J connectivity index is 1.21. The number of hydrogen-bond acceptors (Lipinski definition) is 6. The average Bonchev–Trinajstić information content (AvgIpc) is 3.52. The normalized spacial score (nSPS) is 16.8. The molecular formula is C28H27N5O3. The van der Waals surface area contributed by atoms with Crippen LogP contribution in [0.25, 0.3) is 22.6 Å². The number of aliphatic hydroxyl groups excluding tert-OH is 1. The fraction of sp³-hybridized carbons (Fsp3) is 0.286. The highest BCUT2D eigenvalue weighted by atomic mass is 16.5. The summed E-state index contributed by atoms with van der Waals surface area (Å²) in [6, 6.07) is 17.4. The van der Waals surface area contributed by atoms with Crippen molar-refractivity contribution in [2.24, 2.45) is 4.99 Å². The first-order chi connectivity index (χ1) is 17.7. The summed E-state index contributed by atoms with van der Waals surface area (Å²) in [5, 5.41) is 9.99. The van der Waals surface area contributed by atoms with Crippen molar-refractivity contribution in [3.63, 3.8) is 0 Å². The summed E-state index contributed by atoms with van der Waals surface area (Å²) in [5.74, 6) is 1.36. The zero-order valence-electron chi connectivity index (χ0n) is 19.9. The van der Waals surface area contributed by atoms with Gasteiger partial charge in [0.1, 0.15) is 11.4 Å². The Labute approximate surface area is 208 Å². The molecule has 0 unspecified atom stereocenters. The molecule has 36 heavy (non-hydrogen) atoms. The standard InChI is InChI=1S/C28H27N5O3/c34-18-19-15-21-24(30-17-20-7-5-12-32(20)28(21)35)16-26(19)36-14-6-13-33-25-10-2-1-8-22(25)31-27(33)23-9-3-4-11-29-23/h1-4,8-11,15-17,20,34H,5-7,12-14,18H2/t20-/m0/s1. The zero-order chi connectivity index (χ0) is 24.5. The molecule has 0 radical (unpaired) electrons. The first-order valence-electron chi connectivity index (χ1n) is 12.4. The predicted molar refractivity (Wildman–Crippen MR) is 138 cm³/mol. The molecule has 0 saturated carbocycles. The van der Waals surface area contributed by atoms with Gasteiger partial charge in [0.25, 0.3) is 5.91 Å². The van der Waals surface area contributed by atoms with Crippen LogP contribution in [0.15, 0.2) is 65.8 Å². The van der Waals surface area contributed by atoms with Crippen LogP contribution in [0.2, 0.25) is 0 Å². The van der Waals surface area contributed by atoms with Crippen LogP contribution in [0.4, 0.5) is 5.69 Å². The van der Waals surface area contributed by atoms with Gasteiger partial charge in [0, 0.05) is 37.1 Å². The molecule has 1 atom stereocenters. The lowest BCUT2D eigenvalue weighted by Gasteiger charge is -2.20. The first-order valence-corrected chi connectivity index (χ1v) is 12.4. The lowest BCUT2D eigenvalue weighted by molar-refractivity contribution is 0.0774. The second-order valence-electron chi connectivity index (χ2n) is 9.11. The summed E-state index contributed by atoms with van der Waals surface area (Å²) in [6.07, 6.45) is 6.28. The fourth-order valence-electron chi connectivity index (χ4n) is 5.07. The Hall–Kier alpha value is -4.04. The number of imidazole rings is 1. The number of aromatic nitrogens is 3. The molecular weight excluding hydrogens is 454 g/mol. The van der Waals surface area contributed by atoms with Crippen molar-refractivity contribution in [2.75, 3.05) is 13.2 Å². The van der Waals surface area contributed by atoms with Gasteiger partial charge < -0.3 is 19.3 Å². The molecule has 2 aliphatic rings. The van der Waals surface area contributed by atoms with Gasteiger partial charge in [0.05, 0.1) is 41.5 Å². The second-order valence-corrected chi connectivity index (χ2v) is 9.11. The SMILES string of the molecule is O=C1c2cc(CO)c(OCCCn3c(-c4ccccn4)nc4ccccc43)cc2N=C[C@@H]2CCCN12. The number of aliphatic imine (C=N–C) groups is 1. The van der Waals surface area contributed by atoms with Crippen LogP contribution in [-0.2, 0) is 13.2 Å². The number of hydrogen-bond donors (Lipinski definition) is 1. The molecule has 0 spiro atoms. The molecule has 1 N–H and O–H groups in total. The third-order valence-corrected chi connectivity index (χ3v) is 6.86. The van der Waals surface area contributed by atoms with Gasteiger partial charge in [-0.1, -0.05) is 18.2 Å². The van der Waals surface area contributed by atoms with E-state index in [0.29, 0.717) is 35.7 Å². The number of carbonyl (C=O) groups is 1. The number of rotatable bonds is 7. The third kappa shape index (κ3) is 4.03. The number of fused-ring (bicyclic) bond motifs is 3. The number of aliphatic hydroxyl groups is 1. The van der Waals surface area contributed by atoms with Gasteiger partial charge >= 0.3 is 0 Å². The Morgan fingerprint density at radius 1 is 1.11 bits per heavy atom. The number of aryl methyl sites for hydroxylation is 1. The van der Waals surface area contributed by atoms with Gasteiger partial charge in [0.2, 0.25) is 0 Å². The lowest BCUT2D eigenvalue weighted by atomic mass is 10.1. The summed E-state index contributed by atoms with van der Waals surface area (Å²) >= 11 is 0. The van der Waals surface area contributed by atoms with E-state index in [0.717, 1.165) is 48.4 Å². The molecule has 2 aliphatic heterocycles. The lowest BCUT2D eigenvalue weighted by Crippen LogP contribution is -2.35. The molecule has 0 bridgehead atoms. The molecule has 4 heterocycles. The number of benzene rings is 2. The number of nitrogens with zero attached hydrogens (tertiary/aromatic N) is 5. The maximum Gasteiger partial charge on any atom is 0.256 e. The van der Waals surface area contributed by atoms with E-state index in [1.54, 1.807) is 18.3 Å². The molecule has 2 aromatic carbocycles. The van der Waals surface area contributed by atoms with Crippen molar-refractivity contribution in [3.8, 4) is 17.3 Å². The number of para-hydroxylation sites is 2. The Morgan fingerprint density at radius 3 is 2.86 bits per heavy atom. The molecule has 182 valence electrons. The zero-order valence-corrected chi connectivity index (χ0v) is 19.9. The van der Waals surface area contributed by atoms with E-state index in [-0.39, 0.29) is 18.6 Å². The highest BCUT2D eigenvalue weighted by molar-refractivity contribution is 6.03. The molecule has 8 heteroatoms. The van der Waals surface area contributed by atoms with E-state index in [1.165, 1.54) is 0 Å². The van der Waals surface area contributed by atoms with Crippen molar-refractivity contribution in [1.29, 1.82) is 0 Å². The van der Waals surface area contributed by atoms with E-state index < -0.39 is 0 Å². The molecule has 8 nitrogen and oxygen atoms in total. The Kier molecular flexibility index (Phi) is 5.95. The maximum atomic E-state index is 13.1. The summed E-state index contributed by atoms with van der Waals surface area (Å²) in [4.78, 5) is 28.8. The van der Waals surface area contributed by atoms with Gasteiger partial charge in [-0.05, 0) is 49.6 Å². The van der Waals surface area contributed by atoms with Gasteiger partial charge in [0.15, 0.2) is 5.82 Å². The van der Waals surface area contributed by atoms with Crippen molar-refractivity contribution in [3.05, 3.63) is 71.9 Å². The Morgan fingerprint density at radius 2 is 2.00 bits per heavy atom. The van der Waals surface area contributed by atoms with Crippen LogP contribution in [0, 0.1) is 0 Å². The van der Waals surface area contributed by atoms with Crippen LogP contribution in [-0.4, -0.2) is 55.9 Å². The van der Waals surface area contributed by atoms with Crippen molar-refractivity contribution < 1.29 is 14.6 Å². The van der Waals surface area contributed by atoms with Crippen LogP contribution >= 0.6 is 0 Å². The van der Waals surface area contributed by atoms with Crippen LogP contribution in [0.1, 0.15) is 35.2 Å². The Bertz CT molecular complexity index is 1450. The molecule has 0 aliphatic carbocycles. The van der Waals surface area contributed by atoms with E-state index in [1.807, 2.05) is 47.5 Å². The van der Waals surface area contributed by atoms with E-state index in [2.05, 4.69) is 20.6 Å². The summed E-state index contributed by atoms with van der Waals surface area (Å²) < 4.78 is 8.28. The van der Waals surface area contributed by atoms with Gasteiger partial charge in [-0.25, -0.2) is 4.98 Å². The van der Waals surface area contributed by atoms with Crippen molar-refractivity contribution in [2.45, 2.75) is 38.5 Å². The summed E-state index contributed by atoms with van der Waals surface area (Å²) in [6.45, 7) is 1.66. The summed E-state index contributed by atoms with van der Waals surface area (Å²) in [7, 11) is 0. The second kappa shape index (κ2) is 9.54. The molecule has 6 rings (SSSR count). The van der Waals surface area contributed by atoms with E-state index in [4.69, 9.17) is 9.72 Å². The smallest absolute Gasteiger partial charge is 0.256 e. The fourth-order valence-corrected chi connectivity index (χ4v) is 5.07. The van der Waals surface area contributed by atoms with Gasteiger partial charge in [-0.3, -0.25) is 14.8 Å². The topological polar surface area (TPSA) is 92.8 Å². The number of pyridine rings is 1. The van der Waals surface area contributed by atoms with E-state index >= 15 is 0 Å². The average molecular weight is 482 g/mol. The number of carbonyl (C=O) groups excluding carboxylic acids is 1. The first kappa shape index (κ1) is 22.4. The monoisotopic (exact) mass is 481 g/mol. The molecule has 4 aromatic rings. The molecule has 1 fully saturated rings. The molecule has 1 amide bonds. The highest BCUT2D eigenvalue weighted by Gasteiger charge is 2.32. The number of amides is 1. The predicted octanol–water partition coefficient (Wildman–Crippen LogP) is 4.38. The maximum absolute atomic E-state index is 13.1. The van der Waals surface area contributed by atoms with Crippen molar-refractivity contribution >= 4 is 28.8 Å². The molecule has 1 saturated heterocycles.